The van der Waals surface area contributed by atoms with E-state index in [0.717, 1.165) is 51.9 Å². The molecule has 0 unspecified atom stereocenters. The van der Waals surface area contributed by atoms with Crippen molar-refractivity contribution in [2.75, 3.05) is 39.9 Å². The largest absolute Gasteiger partial charge is 0.379 e. The first-order valence-electron chi connectivity index (χ1n) is 10.1. The molecule has 0 bridgehead atoms. The highest BCUT2D eigenvalue weighted by atomic mass is 127. The first kappa shape index (κ1) is 23.7. The van der Waals surface area contributed by atoms with Crippen LogP contribution in [0.3, 0.4) is 0 Å². The van der Waals surface area contributed by atoms with Crippen LogP contribution in [0.4, 0.5) is 0 Å². The number of hydrogen-bond donors (Lipinski definition) is 1. The maximum Gasteiger partial charge on any atom is 0.194 e. The number of benzene rings is 1. The predicted molar refractivity (Wildman–Crippen MR) is 130 cm³/mol. The number of guanidine groups is 1. The van der Waals surface area contributed by atoms with Gasteiger partial charge in [0.05, 0.1) is 26.3 Å². The smallest absolute Gasteiger partial charge is 0.194 e. The molecule has 1 aliphatic rings. The number of nitrogens with zero attached hydrogens (tertiary/aromatic N) is 4. The number of nitrogens with one attached hydrogen (secondary N) is 1. The van der Waals surface area contributed by atoms with Crippen LogP contribution in [-0.4, -0.2) is 60.2 Å². The van der Waals surface area contributed by atoms with Crippen molar-refractivity contribution in [2.45, 2.75) is 26.6 Å². The number of ether oxygens (including phenoxy) is 1. The molecular formula is C22H34IN5O. The van der Waals surface area contributed by atoms with E-state index >= 15 is 0 Å². The van der Waals surface area contributed by atoms with Crippen LogP contribution in [0, 0.1) is 0 Å². The molecule has 7 heteroatoms. The maximum atomic E-state index is 5.44. The molecular weight excluding hydrogens is 477 g/mol. The van der Waals surface area contributed by atoms with E-state index in [9.17, 15) is 0 Å². The summed E-state index contributed by atoms with van der Waals surface area (Å²) in [5, 5.41) is 3.41. The van der Waals surface area contributed by atoms with E-state index in [1.54, 1.807) is 0 Å². The molecule has 0 spiro atoms. The molecule has 0 radical (unpaired) electrons. The SMILES string of the molecule is CCNC(=NCc1cccc(CN2CCOCC2)c1)N(C)Cc1cccn1C.I. The van der Waals surface area contributed by atoms with Crippen LogP contribution in [0.1, 0.15) is 23.7 Å². The molecule has 1 saturated heterocycles. The van der Waals surface area contributed by atoms with Gasteiger partial charge in [-0.25, -0.2) is 4.99 Å². The van der Waals surface area contributed by atoms with Crippen molar-refractivity contribution in [3.05, 3.63) is 59.4 Å². The van der Waals surface area contributed by atoms with E-state index in [4.69, 9.17) is 9.73 Å². The summed E-state index contributed by atoms with van der Waals surface area (Å²) in [7, 11) is 4.16. The van der Waals surface area contributed by atoms with Crippen molar-refractivity contribution in [1.29, 1.82) is 0 Å². The Bertz CT molecular complexity index is 770. The average Bonchev–Trinajstić information content (AvgIpc) is 3.10. The Hall–Kier alpha value is -1.58. The van der Waals surface area contributed by atoms with E-state index in [-0.39, 0.29) is 24.0 Å². The normalized spacial score (nSPS) is 15.1. The molecule has 0 atom stereocenters. The molecule has 2 aromatic rings. The van der Waals surface area contributed by atoms with E-state index < -0.39 is 0 Å². The lowest BCUT2D eigenvalue weighted by Crippen LogP contribution is -2.38. The second-order valence-electron chi connectivity index (χ2n) is 7.35. The Morgan fingerprint density at radius 3 is 2.62 bits per heavy atom. The number of morpholine rings is 1. The molecule has 3 rings (SSSR count). The summed E-state index contributed by atoms with van der Waals surface area (Å²) in [6, 6.07) is 13.0. The number of aliphatic imine (C=N–C) groups is 1. The molecule has 6 nitrogen and oxygen atoms in total. The summed E-state index contributed by atoms with van der Waals surface area (Å²) in [5.41, 5.74) is 3.85. The lowest BCUT2D eigenvalue weighted by atomic mass is 10.1. The highest BCUT2D eigenvalue weighted by Crippen LogP contribution is 2.11. The van der Waals surface area contributed by atoms with Gasteiger partial charge in [0.2, 0.25) is 0 Å². The number of hydrogen-bond acceptors (Lipinski definition) is 3. The molecule has 0 saturated carbocycles. The van der Waals surface area contributed by atoms with Gasteiger partial charge in [-0.3, -0.25) is 4.90 Å². The monoisotopic (exact) mass is 511 g/mol. The van der Waals surface area contributed by atoms with E-state index in [0.29, 0.717) is 6.54 Å². The van der Waals surface area contributed by atoms with Crippen molar-refractivity contribution in [1.82, 2.24) is 19.7 Å². The fourth-order valence-electron chi connectivity index (χ4n) is 3.46. The standard InChI is InChI=1S/C22H33N5O.HI/c1-4-23-22(26(3)18-21-9-6-10-25(21)2)24-16-19-7-5-8-20(15-19)17-27-11-13-28-14-12-27;/h5-10,15H,4,11-14,16-18H2,1-3H3,(H,23,24);1H. The topological polar surface area (TPSA) is 45.0 Å². The number of aromatic nitrogens is 1. The minimum Gasteiger partial charge on any atom is -0.379 e. The first-order chi connectivity index (χ1) is 13.7. The van der Waals surface area contributed by atoms with Crippen LogP contribution < -0.4 is 5.32 Å². The molecule has 160 valence electrons. The second kappa shape index (κ2) is 12.2. The van der Waals surface area contributed by atoms with Gasteiger partial charge in [-0.1, -0.05) is 24.3 Å². The van der Waals surface area contributed by atoms with Crippen molar-refractivity contribution < 1.29 is 4.74 Å². The third kappa shape index (κ3) is 7.31. The average molecular weight is 511 g/mol. The molecule has 0 aliphatic carbocycles. The number of rotatable bonds is 7. The lowest BCUT2D eigenvalue weighted by Gasteiger charge is -2.26. The van der Waals surface area contributed by atoms with Gasteiger partial charge in [-0.15, -0.1) is 24.0 Å². The quantitative estimate of drug-likeness (QED) is 0.353. The Morgan fingerprint density at radius 1 is 1.17 bits per heavy atom. The third-order valence-electron chi connectivity index (χ3n) is 5.06. The van der Waals surface area contributed by atoms with Crippen LogP contribution in [0.5, 0.6) is 0 Å². The van der Waals surface area contributed by atoms with Crippen molar-refractivity contribution in [2.24, 2.45) is 12.0 Å². The second-order valence-corrected chi connectivity index (χ2v) is 7.35. The zero-order valence-corrected chi connectivity index (χ0v) is 20.1. The zero-order chi connectivity index (χ0) is 19.8. The highest BCUT2D eigenvalue weighted by molar-refractivity contribution is 14.0. The Morgan fingerprint density at radius 2 is 1.93 bits per heavy atom. The van der Waals surface area contributed by atoms with Crippen LogP contribution in [0.2, 0.25) is 0 Å². The molecule has 1 aromatic heterocycles. The van der Waals surface area contributed by atoms with Gasteiger partial charge in [-0.2, -0.15) is 0 Å². The molecule has 0 amide bonds. The number of halogens is 1. The fourth-order valence-corrected chi connectivity index (χ4v) is 3.46. The van der Waals surface area contributed by atoms with Crippen LogP contribution >= 0.6 is 24.0 Å². The van der Waals surface area contributed by atoms with E-state index in [1.165, 1.54) is 16.8 Å². The van der Waals surface area contributed by atoms with Crippen molar-refractivity contribution in [3.8, 4) is 0 Å². The summed E-state index contributed by atoms with van der Waals surface area (Å²) >= 11 is 0. The lowest BCUT2D eigenvalue weighted by molar-refractivity contribution is 0.0342. The summed E-state index contributed by atoms with van der Waals surface area (Å²) in [6.07, 6.45) is 2.08. The Kier molecular flexibility index (Phi) is 9.96. The van der Waals surface area contributed by atoms with E-state index in [1.807, 2.05) is 0 Å². The third-order valence-corrected chi connectivity index (χ3v) is 5.06. The van der Waals surface area contributed by atoms with Crippen LogP contribution in [0.25, 0.3) is 0 Å². The Balaban J connectivity index is 0.00000300. The van der Waals surface area contributed by atoms with Gasteiger partial charge in [-0.05, 0) is 30.2 Å². The molecule has 1 fully saturated rings. The van der Waals surface area contributed by atoms with Gasteiger partial charge in [0, 0.05) is 52.2 Å². The van der Waals surface area contributed by atoms with Gasteiger partial charge in [0.1, 0.15) is 0 Å². The Labute approximate surface area is 192 Å². The zero-order valence-electron chi connectivity index (χ0n) is 17.8. The summed E-state index contributed by atoms with van der Waals surface area (Å²) < 4.78 is 7.59. The van der Waals surface area contributed by atoms with Gasteiger partial charge >= 0.3 is 0 Å². The summed E-state index contributed by atoms with van der Waals surface area (Å²) in [5.74, 6) is 0.933. The van der Waals surface area contributed by atoms with Crippen LogP contribution in [0.15, 0.2) is 47.6 Å². The maximum absolute atomic E-state index is 5.44. The molecule has 2 heterocycles. The van der Waals surface area contributed by atoms with Gasteiger partial charge in [0.25, 0.3) is 0 Å². The van der Waals surface area contributed by atoms with Gasteiger partial charge < -0.3 is 19.5 Å². The predicted octanol–water partition coefficient (Wildman–Crippen LogP) is 3.07. The fraction of sp³-hybridized carbons (Fsp3) is 0.500. The molecule has 1 N–H and O–H groups in total. The molecule has 1 aliphatic heterocycles. The molecule has 29 heavy (non-hydrogen) atoms. The number of aryl methyl sites for hydroxylation is 1. The molecule has 1 aromatic carbocycles. The summed E-state index contributed by atoms with van der Waals surface area (Å²) in [6.45, 7) is 9.14. The summed E-state index contributed by atoms with van der Waals surface area (Å²) in [4.78, 5) is 9.50. The van der Waals surface area contributed by atoms with Crippen molar-refractivity contribution in [3.63, 3.8) is 0 Å². The van der Waals surface area contributed by atoms with E-state index in [2.05, 4.69) is 83.3 Å². The first-order valence-corrected chi connectivity index (χ1v) is 10.1. The van der Waals surface area contributed by atoms with Crippen LogP contribution in [-0.2, 0) is 31.4 Å². The minimum atomic E-state index is 0. The minimum absolute atomic E-state index is 0. The van der Waals surface area contributed by atoms with Gasteiger partial charge in [0.15, 0.2) is 5.96 Å². The highest BCUT2D eigenvalue weighted by Gasteiger charge is 2.11. The van der Waals surface area contributed by atoms with Crippen molar-refractivity contribution >= 4 is 29.9 Å².